The van der Waals surface area contributed by atoms with Crippen molar-refractivity contribution in [2.45, 2.75) is 13.0 Å². The van der Waals surface area contributed by atoms with Gasteiger partial charge in [0.15, 0.2) is 0 Å². The van der Waals surface area contributed by atoms with Crippen molar-refractivity contribution in [3.8, 4) is 5.75 Å². The van der Waals surface area contributed by atoms with Crippen LogP contribution in [0.2, 0.25) is 5.02 Å². The Bertz CT molecular complexity index is 583. The largest absolute Gasteiger partial charge is 0.508 e. The molecule has 2 aromatic rings. The fourth-order valence-electron chi connectivity index (χ4n) is 1.77. The second-order valence-electron chi connectivity index (χ2n) is 4.21. The van der Waals surface area contributed by atoms with E-state index in [1.54, 1.807) is 18.2 Å². The highest BCUT2D eigenvalue weighted by molar-refractivity contribution is 9.10. The number of aromatic hydroxyl groups is 1. The number of anilines is 1. The third kappa shape index (κ3) is 3.39. The number of benzene rings is 2. The maximum Gasteiger partial charge on any atom is 0.125 e. The summed E-state index contributed by atoms with van der Waals surface area (Å²) in [6.07, 6.45) is 0. The van der Waals surface area contributed by atoms with Crippen LogP contribution in [0.15, 0.2) is 40.9 Å². The van der Waals surface area contributed by atoms with E-state index in [0.717, 1.165) is 5.56 Å². The van der Waals surface area contributed by atoms with Crippen molar-refractivity contribution in [1.82, 2.24) is 0 Å². The van der Waals surface area contributed by atoms with E-state index in [1.165, 1.54) is 12.1 Å². The second-order valence-corrected chi connectivity index (χ2v) is 5.47. The average molecular weight is 345 g/mol. The van der Waals surface area contributed by atoms with Crippen molar-refractivity contribution >= 4 is 33.2 Å². The third-order valence-corrected chi connectivity index (χ3v) is 3.66. The Morgan fingerprint density at radius 2 is 2.05 bits per heavy atom. The lowest BCUT2D eigenvalue weighted by molar-refractivity contribution is 0.474. The van der Waals surface area contributed by atoms with Crippen molar-refractivity contribution in [1.29, 1.82) is 0 Å². The van der Waals surface area contributed by atoms with Gasteiger partial charge in [-0.2, -0.15) is 0 Å². The van der Waals surface area contributed by atoms with Crippen molar-refractivity contribution in [2.24, 2.45) is 0 Å². The number of halogens is 3. The molecule has 0 aliphatic rings. The van der Waals surface area contributed by atoms with E-state index in [2.05, 4.69) is 21.2 Å². The molecule has 1 atom stereocenters. The van der Waals surface area contributed by atoms with E-state index < -0.39 is 5.82 Å². The molecular weight excluding hydrogens is 333 g/mol. The second kappa shape index (κ2) is 5.80. The molecule has 0 spiro atoms. The third-order valence-electron chi connectivity index (χ3n) is 2.74. The van der Waals surface area contributed by atoms with Crippen molar-refractivity contribution in [3.63, 3.8) is 0 Å². The van der Waals surface area contributed by atoms with Crippen LogP contribution in [0.5, 0.6) is 5.75 Å². The standard InChI is InChI=1S/C14H12BrClFNO/c1-8(9-3-2-4-11(19)5-9)18-14-12(15)6-10(17)7-13(14)16/h2-8,18-19H,1H3. The van der Waals surface area contributed by atoms with Crippen LogP contribution in [0.3, 0.4) is 0 Å². The Hall–Kier alpha value is -1.26. The summed E-state index contributed by atoms with van der Waals surface area (Å²) in [4.78, 5) is 0. The summed E-state index contributed by atoms with van der Waals surface area (Å²) in [7, 11) is 0. The van der Waals surface area contributed by atoms with Gasteiger partial charge in [-0.1, -0.05) is 23.7 Å². The van der Waals surface area contributed by atoms with Gasteiger partial charge in [0, 0.05) is 10.5 Å². The van der Waals surface area contributed by atoms with Gasteiger partial charge < -0.3 is 10.4 Å². The van der Waals surface area contributed by atoms with Gasteiger partial charge in [-0.3, -0.25) is 0 Å². The first-order valence-corrected chi connectivity index (χ1v) is 6.84. The average Bonchev–Trinajstić information content (AvgIpc) is 2.33. The summed E-state index contributed by atoms with van der Waals surface area (Å²) >= 11 is 9.29. The molecule has 0 aromatic heterocycles. The molecule has 0 saturated heterocycles. The molecule has 19 heavy (non-hydrogen) atoms. The first kappa shape index (κ1) is 14.2. The number of phenols is 1. The summed E-state index contributed by atoms with van der Waals surface area (Å²) < 4.78 is 13.7. The first-order chi connectivity index (χ1) is 8.97. The number of hydrogen-bond acceptors (Lipinski definition) is 2. The minimum Gasteiger partial charge on any atom is -0.508 e. The minimum atomic E-state index is -0.396. The molecule has 0 amide bonds. The molecule has 2 rings (SSSR count). The van der Waals surface area contributed by atoms with Crippen LogP contribution < -0.4 is 5.32 Å². The van der Waals surface area contributed by atoms with Gasteiger partial charge in [-0.25, -0.2) is 4.39 Å². The zero-order chi connectivity index (χ0) is 14.0. The Morgan fingerprint density at radius 1 is 1.32 bits per heavy atom. The molecule has 0 bridgehead atoms. The molecule has 0 aliphatic heterocycles. The van der Waals surface area contributed by atoms with Crippen molar-refractivity contribution in [2.75, 3.05) is 5.32 Å². The van der Waals surface area contributed by atoms with Gasteiger partial charge in [-0.15, -0.1) is 0 Å². The zero-order valence-corrected chi connectivity index (χ0v) is 12.5. The molecule has 1 unspecified atom stereocenters. The normalized spacial score (nSPS) is 12.2. The predicted molar refractivity (Wildman–Crippen MR) is 79.3 cm³/mol. The van der Waals surface area contributed by atoms with Crippen molar-refractivity contribution < 1.29 is 9.50 Å². The first-order valence-electron chi connectivity index (χ1n) is 5.67. The maximum atomic E-state index is 13.1. The van der Waals surface area contributed by atoms with Crippen LogP contribution in [-0.2, 0) is 0 Å². The van der Waals surface area contributed by atoms with Gasteiger partial charge >= 0.3 is 0 Å². The van der Waals surface area contributed by atoms with Crippen LogP contribution in [0.4, 0.5) is 10.1 Å². The summed E-state index contributed by atoms with van der Waals surface area (Å²) in [5, 5.41) is 13.0. The summed E-state index contributed by atoms with van der Waals surface area (Å²) in [5.74, 6) is -0.192. The molecule has 2 nitrogen and oxygen atoms in total. The van der Waals surface area contributed by atoms with Gasteiger partial charge in [0.2, 0.25) is 0 Å². The van der Waals surface area contributed by atoms with Crippen LogP contribution in [-0.4, -0.2) is 5.11 Å². The molecule has 100 valence electrons. The Labute approximate surface area is 124 Å². The van der Waals surface area contributed by atoms with Gasteiger partial charge in [-0.05, 0) is 52.7 Å². The summed E-state index contributed by atoms with van der Waals surface area (Å²) in [6.45, 7) is 1.93. The topological polar surface area (TPSA) is 32.3 Å². The van der Waals surface area contributed by atoms with Gasteiger partial charge in [0.1, 0.15) is 11.6 Å². The van der Waals surface area contributed by atoms with Crippen LogP contribution in [0, 0.1) is 5.82 Å². The molecular formula is C14H12BrClFNO. The lowest BCUT2D eigenvalue weighted by Gasteiger charge is -2.18. The molecule has 0 radical (unpaired) electrons. The highest BCUT2D eigenvalue weighted by atomic mass is 79.9. The quantitative estimate of drug-likeness (QED) is 0.810. The molecule has 2 aromatic carbocycles. The van der Waals surface area contributed by atoms with Gasteiger partial charge in [0.05, 0.1) is 10.7 Å². The van der Waals surface area contributed by atoms with Crippen LogP contribution >= 0.6 is 27.5 Å². The summed E-state index contributed by atoms with van der Waals surface area (Å²) in [6, 6.07) is 9.46. The Balaban J connectivity index is 2.26. The molecule has 0 heterocycles. The van der Waals surface area contributed by atoms with Crippen molar-refractivity contribution in [3.05, 3.63) is 57.3 Å². The number of nitrogens with one attached hydrogen (secondary N) is 1. The lowest BCUT2D eigenvalue weighted by Crippen LogP contribution is -2.07. The number of rotatable bonds is 3. The lowest BCUT2D eigenvalue weighted by atomic mass is 10.1. The summed E-state index contributed by atoms with van der Waals surface area (Å²) in [5.41, 5.74) is 1.53. The zero-order valence-electron chi connectivity index (χ0n) is 10.1. The predicted octanol–water partition coefficient (Wildman–Crippen LogP) is 5.12. The SMILES string of the molecule is CC(Nc1c(Cl)cc(F)cc1Br)c1cccc(O)c1. The minimum absolute atomic E-state index is 0.0774. The highest BCUT2D eigenvalue weighted by Crippen LogP contribution is 2.34. The fraction of sp³-hybridized carbons (Fsp3) is 0.143. The Morgan fingerprint density at radius 3 is 2.68 bits per heavy atom. The van der Waals surface area contributed by atoms with E-state index in [0.29, 0.717) is 15.2 Å². The molecule has 5 heteroatoms. The van der Waals surface area contributed by atoms with E-state index in [1.807, 2.05) is 13.0 Å². The van der Waals surface area contributed by atoms with E-state index in [-0.39, 0.29) is 11.8 Å². The smallest absolute Gasteiger partial charge is 0.125 e. The van der Waals surface area contributed by atoms with E-state index >= 15 is 0 Å². The van der Waals surface area contributed by atoms with Crippen LogP contribution in [0.25, 0.3) is 0 Å². The van der Waals surface area contributed by atoms with E-state index in [9.17, 15) is 9.50 Å². The number of hydrogen-bond donors (Lipinski definition) is 2. The van der Waals surface area contributed by atoms with Crippen LogP contribution in [0.1, 0.15) is 18.5 Å². The van der Waals surface area contributed by atoms with Gasteiger partial charge in [0.25, 0.3) is 0 Å². The highest BCUT2D eigenvalue weighted by Gasteiger charge is 2.12. The Kier molecular flexibility index (Phi) is 4.32. The molecule has 0 fully saturated rings. The molecule has 2 N–H and O–H groups in total. The molecule has 0 saturated carbocycles. The molecule has 0 aliphatic carbocycles. The monoisotopic (exact) mass is 343 g/mol. The van der Waals surface area contributed by atoms with E-state index in [4.69, 9.17) is 11.6 Å². The number of phenolic OH excluding ortho intramolecular Hbond substituents is 1. The fourth-order valence-corrected chi connectivity index (χ4v) is 2.70. The maximum absolute atomic E-state index is 13.1.